The van der Waals surface area contributed by atoms with Gasteiger partial charge in [-0.1, -0.05) is 6.07 Å². The van der Waals surface area contributed by atoms with E-state index in [0.717, 1.165) is 29.8 Å². The average molecular weight is 378 g/mol. The van der Waals surface area contributed by atoms with E-state index in [9.17, 15) is 12.8 Å². The summed E-state index contributed by atoms with van der Waals surface area (Å²) < 4.78 is 45.6. The molecule has 1 heterocycles. The van der Waals surface area contributed by atoms with Crippen LogP contribution in [0.3, 0.4) is 0 Å². The predicted octanol–water partition coefficient (Wildman–Crippen LogP) is 3.41. The molecule has 1 aliphatic rings. The molecule has 1 saturated heterocycles. The standard InChI is InChI=1S/C19H23FN2O3S/c1-14-5-10-19(25-2)18(12-14)21-16-4-3-11-22(13-16)26(23,24)17-8-6-15(20)7-9-17/h5-10,12,16,21H,3-4,11,13H2,1-2H3. The molecule has 1 atom stereocenters. The van der Waals surface area contributed by atoms with Crippen molar-refractivity contribution >= 4 is 15.7 Å². The normalized spacial score (nSPS) is 18.5. The molecule has 0 aliphatic carbocycles. The summed E-state index contributed by atoms with van der Waals surface area (Å²) in [5.41, 5.74) is 1.96. The highest BCUT2D eigenvalue weighted by Gasteiger charge is 2.30. The van der Waals surface area contributed by atoms with Crippen LogP contribution in [0.2, 0.25) is 0 Å². The van der Waals surface area contributed by atoms with Crippen LogP contribution >= 0.6 is 0 Å². The summed E-state index contributed by atoms with van der Waals surface area (Å²) in [6, 6.07) is 10.8. The molecule has 0 saturated carbocycles. The van der Waals surface area contributed by atoms with E-state index >= 15 is 0 Å². The second-order valence-corrected chi connectivity index (χ2v) is 8.44. The molecule has 0 radical (unpaired) electrons. The maximum Gasteiger partial charge on any atom is 0.243 e. The highest BCUT2D eigenvalue weighted by atomic mass is 32.2. The molecule has 0 aromatic heterocycles. The molecular formula is C19H23FN2O3S. The van der Waals surface area contributed by atoms with Crippen molar-refractivity contribution in [2.45, 2.75) is 30.7 Å². The Kier molecular flexibility index (Phi) is 5.48. The van der Waals surface area contributed by atoms with E-state index in [1.807, 2.05) is 25.1 Å². The third-order valence-corrected chi connectivity index (χ3v) is 6.43. The van der Waals surface area contributed by atoms with Gasteiger partial charge in [0.15, 0.2) is 0 Å². The second-order valence-electron chi connectivity index (χ2n) is 6.50. The predicted molar refractivity (Wildman–Crippen MR) is 99.5 cm³/mol. The smallest absolute Gasteiger partial charge is 0.243 e. The van der Waals surface area contributed by atoms with Crippen LogP contribution in [0.4, 0.5) is 10.1 Å². The van der Waals surface area contributed by atoms with E-state index in [4.69, 9.17) is 4.74 Å². The van der Waals surface area contributed by atoms with Gasteiger partial charge in [0.2, 0.25) is 10.0 Å². The van der Waals surface area contributed by atoms with Crippen LogP contribution in [-0.2, 0) is 10.0 Å². The highest BCUT2D eigenvalue weighted by molar-refractivity contribution is 7.89. The van der Waals surface area contributed by atoms with Crippen molar-refractivity contribution in [3.63, 3.8) is 0 Å². The summed E-state index contributed by atoms with van der Waals surface area (Å²) in [5.74, 6) is 0.280. The summed E-state index contributed by atoms with van der Waals surface area (Å²) in [7, 11) is -2.02. The third-order valence-electron chi connectivity index (χ3n) is 4.55. The lowest BCUT2D eigenvalue weighted by molar-refractivity contribution is 0.326. The Balaban J connectivity index is 1.77. The van der Waals surface area contributed by atoms with Crippen molar-refractivity contribution < 1.29 is 17.5 Å². The molecule has 1 unspecified atom stereocenters. The summed E-state index contributed by atoms with van der Waals surface area (Å²) in [5, 5.41) is 3.41. The molecule has 5 nitrogen and oxygen atoms in total. The zero-order chi connectivity index (χ0) is 18.7. The third kappa shape index (κ3) is 3.99. The number of sulfonamides is 1. The van der Waals surface area contributed by atoms with Gasteiger partial charge in [-0.15, -0.1) is 0 Å². The number of nitrogens with one attached hydrogen (secondary N) is 1. The molecule has 0 spiro atoms. The van der Waals surface area contributed by atoms with Crippen molar-refractivity contribution in [2.75, 3.05) is 25.5 Å². The number of hydrogen-bond donors (Lipinski definition) is 1. The topological polar surface area (TPSA) is 58.6 Å². The van der Waals surface area contributed by atoms with Crippen LogP contribution in [-0.4, -0.2) is 39.0 Å². The van der Waals surface area contributed by atoms with E-state index in [-0.39, 0.29) is 10.9 Å². The largest absolute Gasteiger partial charge is 0.495 e. The van der Waals surface area contributed by atoms with Gasteiger partial charge in [0.1, 0.15) is 11.6 Å². The number of nitrogens with zero attached hydrogens (tertiary/aromatic N) is 1. The number of piperidine rings is 1. The maximum atomic E-state index is 13.1. The minimum Gasteiger partial charge on any atom is -0.495 e. The SMILES string of the molecule is COc1ccc(C)cc1NC1CCCN(S(=O)(=O)c2ccc(F)cc2)C1. The minimum atomic E-state index is -3.63. The summed E-state index contributed by atoms with van der Waals surface area (Å²) in [6.07, 6.45) is 1.62. The number of anilines is 1. The number of halogens is 1. The Morgan fingerprint density at radius 2 is 1.92 bits per heavy atom. The van der Waals surface area contributed by atoms with Crippen LogP contribution < -0.4 is 10.1 Å². The summed E-state index contributed by atoms with van der Waals surface area (Å²) in [6.45, 7) is 2.82. The second kappa shape index (κ2) is 7.63. The Hall–Kier alpha value is -2.12. The first-order valence-electron chi connectivity index (χ1n) is 8.57. The fourth-order valence-corrected chi connectivity index (χ4v) is 4.71. The molecule has 0 amide bonds. The first-order chi connectivity index (χ1) is 12.4. The molecule has 1 N–H and O–H groups in total. The van der Waals surface area contributed by atoms with Crippen molar-refractivity contribution in [1.82, 2.24) is 4.31 Å². The molecule has 140 valence electrons. The highest BCUT2D eigenvalue weighted by Crippen LogP contribution is 2.28. The fourth-order valence-electron chi connectivity index (χ4n) is 3.19. The molecule has 3 rings (SSSR count). The van der Waals surface area contributed by atoms with Gasteiger partial charge in [0.25, 0.3) is 0 Å². The minimum absolute atomic E-state index is 0.0188. The van der Waals surface area contributed by atoms with Gasteiger partial charge in [-0.25, -0.2) is 12.8 Å². The monoisotopic (exact) mass is 378 g/mol. The van der Waals surface area contributed by atoms with E-state index < -0.39 is 15.8 Å². The van der Waals surface area contributed by atoms with Gasteiger partial charge in [-0.05, 0) is 61.7 Å². The lowest BCUT2D eigenvalue weighted by Gasteiger charge is -2.33. The quantitative estimate of drug-likeness (QED) is 0.866. The van der Waals surface area contributed by atoms with Gasteiger partial charge in [-0.2, -0.15) is 4.31 Å². The van der Waals surface area contributed by atoms with Crippen LogP contribution in [0.1, 0.15) is 18.4 Å². The number of aryl methyl sites for hydroxylation is 1. The van der Waals surface area contributed by atoms with Gasteiger partial charge < -0.3 is 10.1 Å². The zero-order valence-corrected chi connectivity index (χ0v) is 15.7. The van der Waals surface area contributed by atoms with E-state index in [1.54, 1.807) is 7.11 Å². The summed E-state index contributed by atoms with van der Waals surface area (Å²) >= 11 is 0. The van der Waals surface area contributed by atoms with E-state index in [2.05, 4.69) is 5.32 Å². The fraction of sp³-hybridized carbons (Fsp3) is 0.368. The molecule has 26 heavy (non-hydrogen) atoms. The van der Waals surface area contributed by atoms with Gasteiger partial charge >= 0.3 is 0 Å². The maximum absolute atomic E-state index is 13.1. The number of methoxy groups -OCH3 is 1. The number of rotatable bonds is 5. The van der Waals surface area contributed by atoms with Crippen molar-refractivity contribution in [2.24, 2.45) is 0 Å². The Morgan fingerprint density at radius 3 is 2.62 bits per heavy atom. The van der Waals surface area contributed by atoms with Crippen LogP contribution in [0.15, 0.2) is 47.4 Å². The number of benzene rings is 2. The van der Waals surface area contributed by atoms with Crippen molar-refractivity contribution in [3.8, 4) is 5.75 Å². The molecule has 1 fully saturated rings. The van der Waals surface area contributed by atoms with Gasteiger partial charge in [-0.3, -0.25) is 0 Å². The molecule has 1 aliphatic heterocycles. The van der Waals surface area contributed by atoms with E-state index in [1.165, 1.54) is 28.6 Å². The zero-order valence-electron chi connectivity index (χ0n) is 14.9. The first kappa shape index (κ1) is 18.7. The Bertz CT molecular complexity index is 869. The number of ether oxygens (including phenoxy) is 1. The van der Waals surface area contributed by atoms with E-state index in [0.29, 0.717) is 13.1 Å². The molecule has 7 heteroatoms. The average Bonchev–Trinajstić information content (AvgIpc) is 2.62. The molecule has 2 aromatic carbocycles. The number of hydrogen-bond acceptors (Lipinski definition) is 4. The van der Waals surface area contributed by atoms with Crippen molar-refractivity contribution in [1.29, 1.82) is 0 Å². The molecule has 2 aromatic rings. The lowest BCUT2D eigenvalue weighted by Crippen LogP contribution is -2.45. The van der Waals surface area contributed by atoms with Crippen LogP contribution in [0.5, 0.6) is 5.75 Å². The lowest BCUT2D eigenvalue weighted by atomic mass is 10.1. The molecule has 0 bridgehead atoms. The van der Waals surface area contributed by atoms with Crippen molar-refractivity contribution in [3.05, 3.63) is 53.8 Å². The first-order valence-corrected chi connectivity index (χ1v) is 10.0. The Labute approximate surface area is 153 Å². The van der Waals surface area contributed by atoms with Gasteiger partial charge in [0.05, 0.1) is 17.7 Å². The van der Waals surface area contributed by atoms with Crippen LogP contribution in [0.25, 0.3) is 0 Å². The Morgan fingerprint density at radius 1 is 1.19 bits per heavy atom. The van der Waals surface area contributed by atoms with Crippen LogP contribution in [0, 0.1) is 12.7 Å². The summed E-state index contributed by atoms with van der Waals surface area (Å²) in [4.78, 5) is 0.118. The molecular weight excluding hydrogens is 355 g/mol. The van der Waals surface area contributed by atoms with Gasteiger partial charge in [0, 0.05) is 19.1 Å².